The molecule has 0 unspecified atom stereocenters. The smallest absolute Gasteiger partial charge is 0.251 e. The molecule has 1 radical (unpaired) electrons. The molecule has 1 amide bonds. The highest BCUT2D eigenvalue weighted by Gasteiger charge is 2.25. The molecular formula is C20H22NO4. The molecule has 1 aliphatic heterocycles. The van der Waals surface area contributed by atoms with Gasteiger partial charge in [-0.05, 0) is 29.3 Å². The first-order valence-electron chi connectivity index (χ1n) is 8.14. The lowest BCUT2D eigenvalue weighted by molar-refractivity contribution is 0.0966. The van der Waals surface area contributed by atoms with E-state index in [9.17, 15) is 4.79 Å². The van der Waals surface area contributed by atoms with Gasteiger partial charge < -0.3 is 19.5 Å². The van der Waals surface area contributed by atoms with E-state index in [2.05, 4.69) is 5.32 Å². The molecule has 2 aromatic rings. The Morgan fingerprint density at radius 1 is 1.00 bits per heavy atom. The van der Waals surface area contributed by atoms with E-state index in [4.69, 9.17) is 14.2 Å². The topological polar surface area (TPSA) is 56.8 Å². The summed E-state index contributed by atoms with van der Waals surface area (Å²) < 4.78 is 17.0. The van der Waals surface area contributed by atoms with Crippen LogP contribution in [0.1, 0.15) is 29.8 Å². The molecule has 2 aromatic carbocycles. The summed E-state index contributed by atoms with van der Waals surface area (Å²) in [5.41, 5.74) is 3.52. The van der Waals surface area contributed by atoms with Gasteiger partial charge in [-0.15, -0.1) is 0 Å². The van der Waals surface area contributed by atoms with E-state index >= 15 is 0 Å². The second-order valence-electron chi connectivity index (χ2n) is 6.19. The van der Waals surface area contributed by atoms with Crippen LogP contribution in [0.15, 0.2) is 30.3 Å². The minimum Gasteiger partial charge on any atom is -0.493 e. The lowest BCUT2D eigenvalue weighted by Gasteiger charge is -2.19. The van der Waals surface area contributed by atoms with Crippen LogP contribution in [-0.4, -0.2) is 26.7 Å². The van der Waals surface area contributed by atoms with E-state index in [-0.39, 0.29) is 5.91 Å². The van der Waals surface area contributed by atoms with Gasteiger partial charge in [0.1, 0.15) is 0 Å². The van der Waals surface area contributed by atoms with Crippen molar-refractivity contribution in [1.82, 2.24) is 5.32 Å². The molecule has 0 aliphatic carbocycles. The van der Waals surface area contributed by atoms with E-state index in [1.807, 2.05) is 44.2 Å². The van der Waals surface area contributed by atoms with Crippen LogP contribution in [0, 0.1) is 5.92 Å². The summed E-state index contributed by atoms with van der Waals surface area (Å²) in [6.45, 7) is 5.00. The quantitative estimate of drug-likeness (QED) is 0.873. The first-order chi connectivity index (χ1) is 12.1. The Labute approximate surface area is 147 Å². The number of hydrogen-bond acceptors (Lipinski definition) is 4. The number of nitrogens with one attached hydrogen (secondary N) is 1. The number of fused-ring (bicyclic) bond motifs is 1. The molecule has 3 rings (SSSR count). The Balaban J connectivity index is 2.18. The third-order valence-corrected chi connectivity index (χ3v) is 4.14. The number of carbonyl (C=O) groups is 1. The fraction of sp³-hybridized carbons (Fsp3) is 0.300. The highest BCUT2D eigenvalue weighted by Crippen LogP contribution is 2.46. The zero-order chi connectivity index (χ0) is 18.0. The second kappa shape index (κ2) is 7.05. The van der Waals surface area contributed by atoms with Gasteiger partial charge in [0.05, 0.1) is 20.8 Å². The van der Waals surface area contributed by atoms with Crippen LogP contribution < -0.4 is 19.5 Å². The van der Waals surface area contributed by atoms with Crippen LogP contribution >= 0.6 is 0 Å². The van der Waals surface area contributed by atoms with E-state index in [1.165, 1.54) is 0 Å². The number of benzene rings is 2. The van der Waals surface area contributed by atoms with E-state index in [1.54, 1.807) is 14.2 Å². The summed E-state index contributed by atoms with van der Waals surface area (Å²) in [7, 11) is 3.19. The van der Waals surface area contributed by atoms with E-state index in [0.29, 0.717) is 36.0 Å². The SMILES string of the molecule is COc1ccc(-c2cccc3c2CNC3=O)c(OC[C](C)C)c1OC. The maximum absolute atomic E-state index is 12.0. The van der Waals surface area contributed by atoms with E-state index in [0.717, 1.165) is 22.6 Å². The summed E-state index contributed by atoms with van der Waals surface area (Å²) >= 11 is 0. The molecule has 0 spiro atoms. The lowest BCUT2D eigenvalue weighted by Crippen LogP contribution is -2.12. The minimum atomic E-state index is -0.0440. The lowest BCUT2D eigenvalue weighted by atomic mass is 9.95. The number of amides is 1. The first kappa shape index (κ1) is 17.1. The molecule has 0 aromatic heterocycles. The largest absolute Gasteiger partial charge is 0.493 e. The van der Waals surface area contributed by atoms with Crippen LogP contribution in [0.5, 0.6) is 17.2 Å². The Morgan fingerprint density at radius 2 is 1.76 bits per heavy atom. The van der Waals surface area contributed by atoms with Crippen molar-refractivity contribution in [3.63, 3.8) is 0 Å². The summed E-state index contributed by atoms with van der Waals surface area (Å²) in [6.07, 6.45) is 0. The van der Waals surface area contributed by atoms with Crippen molar-refractivity contribution < 1.29 is 19.0 Å². The van der Waals surface area contributed by atoms with Gasteiger partial charge in [-0.25, -0.2) is 0 Å². The van der Waals surface area contributed by atoms with Gasteiger partial charge in [0.25, 0.3) is 5.91 Å². The summed E-state index contributed by atoms with van der Waals surface area (Å²) in [6, 6.07) is 9.52. The summed E-state index contributed by atoms with van der Waals surface area (Å²) in [4.78, 5) is 12.0. The number of carbonyl (C=O) groups excluding carboxylic acids is 1. The van der Waals surface area contributed by atoms with Crippen molar-refractivity contribution in [2.75, 3.05) is 20.8 Å². The molecular weight excluding hydrogens is 318 g/mol. The average Bonchev–Trinajstić information content (AvgIpc) is 3.00. The molecule has 131 valence electrons. The number of hydrogen-bond donors (Lipinski definition) is 1. The van der Waals surface area contributed by atoms with Gasteiger partial charge in [-0.2, -0.15) is 0 Å². The van der Waals surface area contributed by atoms with Crippen molar-refractivity contribution >= 4 is 5.91 Å². The van der Waals surface area contributed by atoms with Gasteiger partial charge in [0.2, 0.25) is 5.75 Å². The average molecular weight is 340 g/mol. The normalized spacial score (nSPS) is 12.8. The summed E-state index contributed by atoms with van der Waals surface area (Å²) in [5, 5.41) is 2.88. The maximum atomic E-state index is 12.0. The molecule has 5 nitrogen and oxygen atoms in total. The van der Waals surface area contributed by atoms with Crippen LogP contribution in [0.25, 0.3) is 11.1 Å². The molecule has 0 saturated carbocycles. The fourth-order valence-electron chi connectivity index (χ4n) is 2.98. The van der Waals surface area contributed by atoms with Crippen molar-refractivity contribution in [1.29, 1.82) is 0 Å². The Morgan fingerprint density at radius 3 is 2.44 bits per heavy atom. The van der Waals surface area contributed by atoms with Crippen molar-refractivity contribution in [3.8, 4) is 28.4 Å². The molecule has 0 atom stereocenters. The van der Waals surface area contributed by atoms with E-state index < -0.39 is 0 Å². The van der Waals surface area contributed by atoms with Crippen LogP contribution in [0.3, 0.4) is 0 Å². The third kappa shape index (κ3) is 3.14. The first-order valence-corrected chi connectivity index (χ1v) is 8.14. The minimum absolute atomic E-state index is 0.0440. The third-order valence-electron chi connectivity index (χ3n) is 4.14. The zero-order valence-corrected chi connectivity index (χ0v) is 14.9. The van der Waals surface area contributed by atoms with Gasteiger partial charge in [0, 0.05) is 23.6 Å². The monoisotopic (exact) mass is 340 g/mol. The molecule has 5 heteroatoms. The van der Waals surface area contributed by atoms with Gasteiger partial charge in [-0.3, -0.25) is 4.79 Å². The van der Waals surface area contributed by atoms with Gasteiger partial charge >= 0.3 is 0 Å². The number of methoxy groups -OCH3 is 2. The van der Waals surface area contributed by atoms with Crippen molar-refractivity contribution in [2.45, 2.75) is 20.4 Å². The zero-order valence-electron chi connectivity index (χ0n) is 14.9. The fourth-order valence-corrected chi connectivity index (χ4v) is 2.98. The Bertz CT molecular complexity index is 799. The van der Waals surface area contributed by atoms with Crippen LogP contribution in [-0.2, 0) is 6.54 Å². The predicted molar refractivity (Wildman–Crippen MR) is 96.2 cm³/mol. The van der Waals surface area contributed by atoms with Gasteiger partial charge in [0.15, 0.2) is 11.5 Å². The standard InChI is InChI=1S/C20H22NO4/c1-12(2)11-25-18-14(8-9-17(23-3)19(18)24-4)13-6-5-7-15-16(13)10-21-20(15)22/h5-9H,10-11H2,1-4H3,(H,21,22). The molecule has 25 heavy (non-hydrogen) atoms. The molecule has 0 saturated heterocycles. The molecule has 0 fully saturated rings. The Hall–Kier alpha value is -2.69. The van der Waals surface area contributed by atoms with Crippen molar-refractivity contribution in [3.05, 3.63) is 47.4 Å². The molecule has 1 aliphatic rings. The number of ether oxygens (including phenoxy) is 3. The summed E-state index contributed by atoms with van der Waals surface area (Å²) in [5.74, 6) is 2.88. The van der Waals surface area contributed by atoms with Gasteiger partial charge in [-0.1, -0.05) is 26.0 Å². The van der Waals surface area contributed by atoms with Crippen LogP contribution in [0.2, 0.25) is 0 Å². The molecule has 1 heterocycles. The second-order valence-corrected chi connectivity index (χ2v) is 6.19. The highest BCUT2D eigenvalue weighted by molar-refractivity contribution is 6.01. The van der Waals surface area contributed by atoms with Crippen LogP contribution in [0.4, 0.5) is 0 Å². The number of rotatable bonds is 6. The van der Waals surface area contributed by atoms with Crippen molar-refractivity contribution in [2.24, 2.45) is 0 Å². The highest BCUT2D eigenvalue weighted by atomic mass is 16.5. The molecule has 1 N–H and O–H groups in total. The molecule has 0 bridgehead atoms. The predicted octanol–water partition coefficient (Wildman–Crippen LogP) is 3.61. The Kier molecular flexibility index (Phi) is 4.83. The maximum Gasteiger partial charge on any atom is 0.251 e.